The van der Waals surface area contributed by atoms with Crippen molar-refractivity contribution < 1.29 is 43.5 Å². The number of aliphatic hydroxyl groups is 1. The summed E-state index contributed by atoms with van der Waals surface area (Å²) >= 11 is 11.9. The number of fused-ring (bicyclic) bond motifs is 1. The molecule has 4 rings (SSSR count). The molecule has 0 spiro atoms. The van der Waals surface area contributed by atoms with E-state index < -0.39 is 55.2 Å². The highest BCUT2D eigenvalue weighted by atomic mass is 35.5. The second-order valence-corrected chi connectivity index (χ2v) is 8.84. The van der Waals surface area contributed by atoms with E-state index in [-0.39, 0.29) is 32.9 Å². The van der Waals surface area contributed by atoms with Crippen molar-refractivity contribution in [3.8, 4) is 5.75 Å². The van der Waals surface area contributed by atoms with Crippen molar-refractivity contribution in [3.63, 3.8) is 0 Å². The minimum absolute atomic E-state index is 0.0284. The fraction of sp³-hybridized carbons (Fsp3) is 0.381. The molecule has 3 heterocycles. The molecule has 37 heavy (non-hydrogen) atoms. The zero-order valence-corrected chi connectivity index (χ0v) is 20.4. The minimum Gasteiger partial charge on any atom is -0.495 e. The van der Waals surface area contributed by atoms with Gasteiger partial charge in [-0.3, -0.25) is 4.57 Å². The zero-order chi connectivity index (χ0) is 27.1. The van der Waals surface area contributed by atoms with Crippen molar-refractivity contribution in [1.82, 2.24) is 19.5 Å². The van der Waals surface area contributed by atoms with Gasteiger partial charge in [-0.05, 0) is 29.3 Å². The number of hydrogen-bond donors (Lipinski definition) is 4. The van der Waals surface area contributed by atoms with Crippen LogP contribution in [-0.4, -0.2) is 84.5 Å². The van der Waals surface area contributed by atoms with Crippen LogP contribution in [0.15, 0.2) is 24.5 Å². The molecule has 0 aliphatic carbocycles. The molecule has 3 aromatic rings. The van der Waals surface area contributed by atoms with Crippen molar-refractivity contribution in [2.75, 3.05) is 19.5 Å². The Morgan fingerprint density at radius 1 is 1.27 bits per heavy atom. The number of ether oxygens (including phenoxy) is 3. The van der Waals surface area contributed by atoms with Crippen LogP contribution in [-0.2, 0) is 25.5 Å². The third-order valence-corrected chi connectivity index (χ3v) is 6.31. The number of rotatable bonds is 9. The Balaban J connectivity index is 1.57. The first-order valence-corrected chi connectivity index (χ1v) is 11.3. The van der Waals surface area contributed by atoms with E-state index in [2.05, 4.69) is 15.0 Å². The van der Waals surface area contributed by atoms with E-state index in [1.165, 1.54) is 25.3 Å². The molecule has 5 N–H and O–H groups in total. The fourth-order valence-electron chi connectivity index (χ4n) is 3.91. The Kier molecular flexibility index (Phi) is 7.39. The van der Waals surface area contributed by atoms with Crippen LogP contribution >= 0.6 is 23.2 Å². The maximum atomic E-state index is 15.1. The Labute approximate surface area is 217 Å². The number of carboxylic acid groups (broad SMARTS) is 2. The molecule has 1 saturated heterocycles. The lowest BCUT2D eigenvalue weighted by molar-refractivity contribution is -0.190. The number of aliphatic carboxylic acids is 2. The van der Waals surface area contributed by atoms with Crippen LogP contribution in [0, 0.1) is 0 Å². The van der Waals surface area contributed by atoms with Crippen molar-refractivity contribution >= 4 is 52.1 Å². The summed E-state index contributed by atoms with van der Waals surface area (Å²) in [7, 11) is 1.38. The van der Waals surface area contributed by atoms with Gasteiger partial charge in [0, 0.05) is 6.42 Å². The van der Waals surface area contributed by atoms with Gasteiger partial charge < -0.3 is 35.3 Å². The summed E-state index contributed by atoms with van der Waals surface area (Å²) < 4.78 is 32.2. The molecule has 4 atom stereocenters. The van der Waals surface area contributed by atoms with Gasteiger partial charge in [-0.1, -0.05) is 17.7 Å². The van der Waals surface area contributed by atoms with E-state index in [1.54, 1.807) is 0 Å². The first-order valence-electron chi connectivity index (χ1n) is 10.5. The molecular formula is C21H20Cl2FN5O8. The van der Waals surface area contributed by atoms with Gasteiger partial charge in [-0.15, -0.1) is 0 Å². The van der Waals surface area contributed by atoms with Crippen molar-refractivity contribution in [1.29, 1.82) is 0 Å². The van der Waals surface area contributed by atoms with Gasteiger partial charge >= 0.3 is 11.9 Å². The smallest absolute Gasteiger partial charge is 0.348 e. The highest BCUT2D eigenvalue weighted by Gasteiger charge is 2.52. The lowest BCUT2D eigenvalue weighted by atomic mass is 9.94. The summed E-state index contributed by atoms with van der Waals surface area (Å²) in [5, 5.41) is 29.9. The van der Waals surface area contributed by atoms with E-state index in [0.717, 1.165) is 10.9 Å². The first kappa shape index (κ1) is 26.8. The van der Waals surface area contributed by atoms with Gasteiger partial charge in [0.25, 0.3) is 5.60 Å². The van der Waals surface area contributed by atoms with Crippen molar-refractivity contribution in [2.24, 2.45) is 0 Å². The molecular weight excluding hydrogens is 540 g/mol. The monoisotopic (exact) mass is 559 g/mol. The lowest BCUT2D eigenvalue weighted by Gasteiger charge is -2.27. The normalized spacial score (nSPS) is 21.9. The summed E-state index contributed by atoms with van der Waals surface area (Å²) in [5.41, 5.74) is 3.31. The third-order valence-electron chi connectivity index (χ3n) is 5.84. The molecule has 1 aromatic carbocycles. The predicted molar refractivity (Wildman–Crippen MR) is 125 cm³/mol. The fourth-order valence-corrected chi connectivity index (χ4v) is 4.36. The minimum atomic E-state index is -2.80. The number of alkyl halides is 1. The SMILES string of the molecule is COc1ccc(CC(OC[C@H]2O[C@@H](n3cnc4c(N)nc(Cl)nc43)[C@@H](F)[C@@H]2O)(C(=O)O)C(=O)O)cc1Cl. The number of benzene rings is 1. The van der Waals surface area contributed by atoms with E-state index in [0.29, 0.717) is 5.75 Å². The topological polar surface area (TPSA) is 192 Å². The maximum Gasteiger partial charge on any atom is 0.348 e. The Morgan fingerprint density at radius 2 is 1.97 bits per heavy atom. The van der Waals surface area contributed by atoms with Gasteiger partial charge in [0.15, 0.2) is 23.9 Å². The second-order valence-electron chi connectivity index (χ2n) is 8.10. The third kappa shape index (κ3) is 4.85. The molecule has 198 valence electrons. The highest BCUT2D eigenvalue weighted by Crippen LogP contribution is 2.36. The quantitative estimate of drug-likeness (QED) is 0.218. The number of aromatic nitrogens is 4. The van der Waals surface area contributed by atoms with Gasteiger partial charge in [-0.25, -0.2) is 19.0 Å². The number of anilines is 1. The molecule has 0 saturated carbocycles. The summed E-state index contributed by atoms with van der Waals surface area (Å²) in [6.45, 7) is -0.787. The van der Waals surface area contributed by atoms with E-state index in [9.17, 15) is 24.9 Å². The summed E-state index contributed by atoms with van der Waals surface area (Å²) in [4.78, 5) is 35.9. The van der Waals surface area contributed by atoms with Crippen LogP contribution in [0.1, 0.15) is 11.8 Å². The number of imidazole rings is 1. The number of methoxy groups -OCH3 is 1. The molecule has 1 aliphatic rings. The number of nitrogens with zero attached hydrogens (tertiary/aromatic N) is 4. The largest absolute Gasteiger partial charge is 0.495 e. The number of nitrogen functional groups attached to an aromatic ring is 1. The van der Waals surface area contributed by atoms with Crippen LogP contribution in [0.4, 0.5) is 10.2 Å². The van der Waals surface area contributed by atoms with Crippen LogP contribution < -0.4 is 10.5 Å². The first-order chi connectivity index (χ1) is 17.5. The summed E-state index contributed by atoms with van der Waals surface area (Å²) in [6.07, 6.45) is -6.29. The van der Waals surface area contributed by atoms with Gasteiger partial charge in [0.1, 0.15) is 23.5 Å². The average molecular weight is 560 g/mol. The molecule has 13 nitrogen and oxygen atoms in total. The number of carboxylic acids is 2. The Bertz CT molecular complexity index is 1340. The number of nitrogens with two attached hydrogens (primary N) is 1. The highest BCUT2D eigenvalue weighted by molar-refractivity contribution is 6.32. The van der Waals surface area contributed by atoms with Crippen LogP contribution in [0.25, 0.3) is 11.2 Å². The molecule has 1 aliphatic heterocycles. The summed E-state index contributed by atoms with van der Waals surface area (Å²) in [5.74, 6) is -3.41. The molecule has 16 heteroatoms. The molecule has 2 aromatic heterocycles. The Hall–Kier alpha value is -3.30. The number of halogens is 3. The molecule has 0 bridgehead atoms. The second kappa shape index (κ2) is 10.2. The lowest BCUT2D eigenvalue weighted by Crippen LogP contribution is -2.52. The van der Waals surface area contributed by atoms with Gasteiger partial charge in [0.2, 0.25) is 5.28 Å². The van der Waals surface area contributed by atoms with Crippen LogP contribution in [0.5, 0.6) is 5.75 Å². The van der Waals surface area contributed by atoms with E-state index in [1.807, 2.05) is 0 Å². The maximum absolute atomic E-state index is 15.1. The molecule has 1 fully saturated rings. The van der Waals surface area contributed by atoms with Gasteiger partial charge in [-0.2, -0.15) is 9.97 Å². The number of carbonyl (C=O) groups is 2. The zero-order valence-electron chi connectivity index (χ0n) is 18.9. The van der Waals surface area contributed by atoms with Crippen molar-refractivity contribution in [2.45, 2.75) is 36.6 Å². The number of aliphatic hydroxyl groups excluding tert-OH is 1. The van der Waals surface area contributed by atoms with Crippen LogP contribution in [0.2, 0.25) is 10.3 Å². The van der Waals surface area contributed by atoms with Crippen LogP contribution in [0.3, 0.4) is 0 Å². The van der Waals surface area contributed by atoms with E-state index in [4.69, 9.17) is 43.1 Å². The standard InChI is InChI=1S/C21H20Cl2FN5O8/c1-35-10-3-2-8(4-9(10)22)5-21(18(31)32,19(33)34)36-6-11-14(30)12(24)17(37-11)29-7-26-13-15(25)27-20(23)28-16(13)29/h2-4,7,11-12,14,17,30H,5-6H2,1H3,(H,31,32)(H,33,34)(H2,25,27,28)/t11-,12+,14-,17-/m1/s1. The average Bonchev–Trinajstić information content (AvgIpc) is 3.37. The predicted octanol–water partition coefficient (Wildman–Crippen LogP) is 1.49. The summed E-state index contributed by atoms with van der Waals surface area (Å²) in [6, 6.07) is 4.19. The molecule has 0 amide bonds. The van der Waals surface area contributed by atoms with Gasteiger partial charge in [0.05, 0.1) is 25.1 Å². The Morgan fingerprint density at radius 3 is 2.59 bits per heavy atom. The van der Waals surface area contributed by atoms with Crippen molar-refractivity contribution in [3.05, 3.63) is 40.4 Å². The molecule has 0 unspecified atom stereocenters. The molecule has 0 radical (unpaired) electrons. The number of hydrogen-bond acceptors (Lipinski definition) is 10. The van der Waals surface area contributed by atoms with E-state index >= 15 is 4.39 Å².